The molecular weight excluding hydrogens is 204 g/mol. The highest BCUT2D eigenvalue weighted by atomic mass is 35.5. The van der Waals surface area contributed by atoms with Crippen LogP contribution in [0.5, 0.6) is 0 Å². The van der Waals surface area contributed by atoms with Crippen molar-refractivity contribution in [1.82, 2.24) is 0 Å². The average Bonchev–Trinajstić information content (AvgIpc) is 1.85. The van der Waals surface area contributed by atoms with E-state index in [1.807, 2.05) is 0 Å². The second-order valence-corrected chi connectivity index (χ2v) is 3.16. The molecule has 0 radical (unpaired) electrons. The Morgan fingerprint density at radius 3 is 2.36 bits per heavy atom. The van der Waals surface area contributed by atoms with Gasteiger partial charge in [-0.15, -0.1) is 0 Å². The molecule has 0 aliphatic heterocycles. The zero-order valence-corrected chi connectivity index (χ0v) is 7.63. The standard InChI is InChI=1S/C7H4Cl3N/c8-4-1-2-5(7(10)11)6(9)3-4/h1-3,11H. The molecule has 0 spiro atoms. The van der Waals surface area contributed by atoms with Crippen molar-refractivity contribution in [3.05, 3.63) is 33.8 Å². The number of halogens is 3. The van der Waals surface area contributed by atoms with Crippen LogP contribution in [0.2, 0.25) is 10.0 Å². The maximum Gasteiger partial charge on any atom is 0.129 e. The molecule has 0 saturated heterocycles. The van der Waals surface area contributed by atoms with Gasteiger partial charge in [-0.25, -0.2) is 0 Å². The van der Waals surface area contributed by atoms with Crippen LogP contribution in [0.4, 0.5) is 0 Å². The lowest BCUT2D eigenvalue weighted by Gasteiger charge is -1.99. The van der Waals surface area contributed by atoms with Gasteiger partial charge >= 0.3 is 0 Å². The first-order valence-electron chi connectivity index (χ1n) is 2.80. The molecule has 1 rings (SSSR count). The molecule has 0 amide bonds. The van der Waals surface area contributed by atoms with Crippen molar-refractivity contribution >= 4 is 40.0 Å². The Hall–Kier alpha value is -0.240. The maximum atomic E-state index is 7.08. The summed E-state index contributed by atoms with van der Waals surface area (Å²) in [5.74, 6) is 0. The van der Waals surface area contributed by atoms with Crippen molar-refractivity contribution in [1.29, 1.82) is 5.41 Å². The molecule has 0 saturated carbocycles. The number of hydrogen-bond acceptors (Lipinski definition) is 1. The molecule has 58 valence electrons. The highest BCUT2D eigenvalue weighted by Gasteiger charge is 2.03. The second kappa shape index (κ2) is 3.44. The van der Waals surface area contributed by atoms with Crippen LogP contribution in [0.15, 0.2) is 18.2 Å². The van der Waals surface area contributed by atoms with E-state index in [2.05, 4.69) is 0 Å². The van der Waals surface area contributed by atoms with Gasteiger partial charge in [0.25, 0.3) is 0 Å². The van der Waals surface area contributed by atoms with E-state index in [9.17, 15) is 0 Å². The fourth-order valence-electron chi connectivity index (χ4n) is 0.667. The van der Waals surface area contributed by atoms with Gasteiger partial charge in [0.1, 0.15) is 5.17 Å². The monoisotopic (exact) mass is 207 g/mol. The van der Waals surface area contributed by atoms with Gasteiger partial charge in [-0.1, -0.05) is 34.8 Å². The fourth-order valence-corrected chi connectivity index (χ4v) is 1.38. The number of nitrogens with one attached hydrogen (secondary N) is 1. The predicted molar refractivity (Wildman–Crippen MR) is 49.1 cm³/mol. The van der Waals surface area contributed by atoms with Gasteiger partial charge in [0, 0.05) is 10.6 Å². The van der Waals surface area contributed by atoms with E-state index in [4.69, 9.17) is 40.2 Å². The van der Waals surface area contributed by atoms with Crippen LogP contribution >= 0.6 is 34.8 Å². The Labute approximate surface area is 79.4 Å². The topological polar surface area (TPSA) is 23.9 Å². The number of rotatable bonds is 1. The Bertz CT molecular complexity index is 296. The Morgan fingerprint density at radius 2 is 1.91 bits per heavy atom. The van der Waals surface area contributed by atoms with Crippen LogP contribution in [0.25, 0.3) is 0 Å². The number of hydrogen-bond donors (Lipinski definition) is 1. The first-order chi connectivity index (χ1) is 5.11. The van der Waals surface area contributed by atoms with Crippen LogP contribution in [-0.4, -0.2) is 5.17 Å². The lowest BCUT2D eigenvalue weighted by atomic mass is 10.2. The predicted octanol–water partition coefficient (Wildman–Crippen LogP) is 3.56. The van der Waals surface area contributed by atoms with Gasteiger partial charge < -0.3 is 0 Å². The minimum absolute atomic E-state index is 0.0772. The third kappa shape index (κ3) is 2.09. The summed E-state index contributed by atoms with van der Waals surface area (Å²) in [6.45, 7) is 0. The highest BCUT2D eigenvalue weighted by molar-refractivity contribution is 6.69. The fraction of sp³-hybridized carbons (Fsp3) is 0. The summed E-state index contributed by atoms with van der Waals surface area (Å²) in [5, 5.41) is 7.95. The minimum atomic E-state index is -0.0772. The van der Waals surface area contributed by atoms with Crippen molar-refractivity contribution in [2.75, 3.05) is 0 Å². The maximum absolute atomic E-state index is 7.08. The van der Waals surface area contributed by atoms with Crippen LogP contribution in [0.1, 0.15) is 5.56 Å². The summed E-state index contributed by atoms with van der Waals surface area (Å²) in [4.78, 5) is 0. The third-order valence-electron chi connectivity index (χ3n) is 1.17. The summed E-state index contributed by atoms with van der Waals surface area (Å²) in [7, 11) is 0. The molecule has 0 atom stereocenters. The van der Waals surface area contributed by atoms with Crippen LogP contribution in [-0.2, 0) is 0 Å². The van der Waals surface area contributed by atoms with Gasteiger partial charge in [-0.2, -0.15) is 0 Å². The molecule has 0 aliphatic carbocycles. The Morgan fingerprint density at radius 1 is 1.27 bits per heavy atom. The number of benzene rings is 1. The zero-order chi connectivity index (χ0) is 8.43. The van der Waals surface area contributed by atoms with E-state index in [0.717, 1.165) is 0 Å². The van der Waals surface area contributed by atoms with Gasteiger partial charge in [-0.3, -0.25) is 5.41 Å². The van der Waals surface area contributed by atoms with Crippen LogP contribution in [0, 0.1) is 5.41 Å². The largest absolute Gasteiger partial charge is 0.289 e. The van der Waals surface area contributed by atoms with E-state index < -0.39 is 0 Å². The molecular formula is C7H4Cl3N. The van der Waals surface area contributed by atoms with Gasteiger partial charge in [-0.05, 0) is 18.2 Å². The zero-order valence-electron chi connectivity index (χ0n) is 5.37. The smallest absolute Gasteiger partial charge is 0.129 e. The molecule has 0 fully saturated rings. The molecule has 1 aromatic rings. The molecule has 1 N–H and O–H groups in total. The van der Waals surface area contributed by atoms with Crippen LogP contribution in [0.3, 0.4) is 0 Å². The molecule has 1 nitrogen and oxygen atoms in total. The first-order valence-corrected chi connectivity index (χ1v) is 3.94. The van der Waals surface area contributed by atoms with Crippen molar-refractivity contribution in [3.63, 3.8) is 0 Å². The highest BCUT2D eigenvalue weighted by Crippen LogP contribution is 2.21. The molecule has 0 unspecified atom stereocenters. The first kappa shape index (κ1) is 8.85. The van der Waals surface area contributed by atoms with Gasteiger partial charge in [0.15, 0.2) is 0 Å². The molecule has 0 aliphatic rings. The van der Waals surface area contributed by atoms with E-state index in [0.29, 0.717) is 15.6 Å². The molecule has 1 aromatic carbocycles. The summed E-state index contributed by atoms with van der Waals surface area (Å²) in [6, 6.07) is 4.80. The molecule has 11 heavy (non-hydrogen) atoms. The average molecular weight is 208 g/mol. The van der Waals surface area contributed by atoms with E-state index in [-0.39, 0.29) is 5.17 Å². The third-order valence-corrected chi connectivity index (χ3v) is 1.92. The van der Waals surface area contributed by atoms with E-state index in [1.165, 1.54) is 0 Å². The normalized spacial score (nSPS) is 9.73. The van der Waals surface area contributed by atoms with Crippen molar-refractivity contribution < 1.29 is 0 Å². The summed E-state index contributed by atoms with van der Waals surface area (Å²) >= 11 is 16.8. The van der Waals surface area contributed by atoms with Crippen molar-refractivity contribution in [3.8, 4) is 0 Å². The Balaban J connectivity index is 3.20. The lowest BCUT2D eigenvalue weighted by molar-refractivity contribution is 1.52. The molecule has 0 bridgehead atoms. The quantitative estimate of drug-likeness (QED) is 0.683. The molecule has 0 aromatic heterocycles. The molecule has 4 heteroatoms. The SMILES string of the molecule is N=C(Cl)c1ccc(Cl)cc1Cl. The second-order valence-electron chi connectivity index (χ2n) is 1.94. The summed E-state index contributed by atoms with van der Waals surface area (Å²) in [5.41, 5.74) is 0.498. The van der Waals surface area contributed by atoms with Crippen LogP contribution < -0.4 is 0 Å². The summed E-state index contributed by atoms with van der Waals surface area (Å²) < 4.78 is 0. The molecule has 0 heterocycles. The lowest BCUT2D eigenvalue weighted by Crippen LogP contribution is -1.88. The minimum Gasteiger partial charge on any atom is -0.289 e. The van der Waals surface area contributed by atoms with Crippen molar-refractivity contribution in [2.24, 2.45) is 0 Å². The van der Waals surface area contributed by atoms with E-state index in [1.54, 1.807) is 18.2 Å². The Kier molecular flexibility index (Phi) is 2.77. The van der Waals surface area contributed by atoms with E-state index >= 15 is 0 Å². The van der Waals surface area contributed by atoms with Gasteiger partial charge in [0.2, 0.25) is 0 Å². The summed E-state index contributed by atoms with van der Waals surface area (Å²) in [6.07, 6.45) is 0. The van der Waals surface area contributed by atoms with Gasteiger partial charge in [0.05, 0.1) is 5.02 Å². The van der Waals surface area contributed by atoms with Crippen molar-refractivity contribution in [2.45, 2.75) is 0 Å².